The van der Waals surface area contributed by atoms with E-state index in [0.29, 0.717) is 22.3 Å². The minimum absolute atomic E-state index is 0. The van der Waals surface area contributed by atoms with E-state index in [2.05, 4.69) is 12.1 Å². The first-order valence-electron chi connectivity index (χ1n) is 7.08. The van der Waals surface area contributed by atoms with Crippen LogP contribution in [-0.4, -0.2) is 47.5 Å². The fourth-order valence-electron chi connectivity index (χ4n) is 2.49. The van der Waals surface area contributed by atoms with Gasteiger partial charge in [0, 0.05) is 46.8 Å². The molecule has 2 heterocycles. The molecule has 25 heavy (non-hydrogen) atoms. The van der Waals surface area contributed by atoms with E-state index in [-0.39, 0.29) is 56.3 Å². The Bertz CT molecular complexity index is 751. The van der Waals surface area contributed by atoms with Crippen LogP contribution >= 0.6 is 0 Å². The summed E-state index contributed by atoms with van der Waals surface area (Å²) in [5, 5.41) is 0. The molecule has 2 aromatic carbocycles. The van der Waals surface area contributed by atoms with Gasteiger partial charge < -0.3 is 0 Å². The zero-order chi connectivity index (χ0) is 17.4. The Morgan fingerprint density at radius 1 is 0.640 bits per heavy atom. The Kier molecular flexibility index (Phi) is 5.65. The van der Waals surface area contributed by atoms with Gasteiger partial charge in [-0.05, 0) is 0 Å². The summed E-state index contributed by atoms with van der Waals surface area (Å²) in [5.74, 6) is -0.952. The van der Waals surface area contributed by atoms with E-state index in [1.54, 1.807) is 36.4 Å². The van der Waals surface area contributed by atoms with E-state index in [1.165, 1.54) is 14.1 Å². The van der Waals surface area contributed by atoms with Crippen molar-refractivity contribution in [3.63, 3.8) is 0 Å². The molecular weight excluding hydrogens is 397 g/mol. The molecule has 0 aromatic heterocycles. The van der Waals surface area contributed by atoms with Crippen LogP contribution in [0.25, 0.3) is 0 Å². The molecule has 0 unspecified atom stereocenters. The molecule has 2 aliphatic heterocycles. The van der Waals surface area contributed by atoms with E-state index in [4.69, 9.17) is 0 Å². The van der Waals surface area contributed by atoms with Gasteiger partial charge in [-0.25, -0.2) is 0 Å². The van der Waals surface area contributed by atoms with E-state index in [0.717, 1.165) is 9.80 Å². The summed E-state index contributed by atoms with van der Waals surface area (Å²) in [7, 11) is 2.95. The van der Waals surface area contributed by atoms with Gasteiger partial charge in [0.25, 0.3) is 0 Å². The number of rotatable bonds is 0. The first-order valence-corrected chi connectivity index (χ1v) is 7.08. The molecular formula is C18H12N2O4Y-2. The molecule has 0 aliphatic carbocycles. The summed E-state index contributed by atoms with van der Waals surface area (Å²) in [6, 6.07) is 15.1. The van der Waals surface area contributed by atoms with Gasteiger partial charge in [0.2, 0.25) is 23.6 Å². The van der Waals surface area contributed by atoms with Crippen molar-refractivity contribution in [1.82, 2.24) is 9.80 Å². The molecule has 7 heteroatoms. The third kappa shape index (κ3) is 3.19. The fourth-order valence-corrected chi connectivity index (χ4v) is 2.49. The summed E-state index contributed by atoms with van der Waals surface area (Å²) in [6.07, 6.45) is 0. The Morgan fingerprint density at radius 2 is 0.960 bits per heavy atom. The average Bonchev–Trinajstić information content (AvgIpc) is 2.98. The number of nitrogens with zero attached hydrogens (tertiary/aromatic N) is 2. The third-order valence-corrected chi connectivity index (χ3v) is 3.87. The van der Waals surface area contributed by atoms with Gasteiger partial charge in [0.1, 0.15) is 0 Å². The van der Waals surface area contributed by atoms with Gasteiger partial charge in [-0.15, -0.1) is 0 Å². The van der Waals surface area contributed by atoms with Gasteiger partial charge >= 0.3 is 0 Å². The van der Waals surface area contributed by atoms with Crippen molar-refractivity contribution in [2.75, 3.05) is 14.1 Å². The van der Waals surface area contributed by atoms with Crippen molar-refractivity contribution in [3.8, 4) is 0 Å². The fraction of sp³-hybridized carbons (Fsp3) is 0.111. The van der Waals surface area contributed by atoms with E-state index in [1.807, 2.05) is 0 Å². The van der Waals surface area contributed by atoms with Crippen molar-refractivity contribution in [1.29, 1.82) is 0 Å². The van der Waals surface area contributed by atoms with Crippen molar-refractivity contribution in [2.45, 2.75) is 0 Å². The molecule has 0 bridgehead atoms. The monoisotopic (exact) mass is 409 g/mol. The van der Waals surface area contributed by atoms with Crippen LogP contribution in [0.4, 0.5) is 0 Å². The van der Waals surface area contributed by atoms with Crippen molar-refractivity contribution in [2.24, 2.45) is 0 Å². The zero-order valence-electron chi connectivity index (χ0n) is 13.6. The molecule has 0 saturated heterocycles. The average molecular weight is 409 g/mol. The quantitative estimate of drug-likeness (QED) is 0.488. The van der Waals surface area contributed by atoms with Crippen LogP contribution in [-0.2, 0) is 32.7 Å². The maximum absolute atomic E-state index is 11.3. The van der Waals surface area contributed by atoms with Gasteiger partial charge in [-0.3, -0.25) is 29.0 Å². The van der Waals surface area contributed by atoms with Crippen LogP contribution in [0.2, 0.25) is 0 Å². The normalized spacial score (nSPS) is 14.6. The molecule has 123 valence electrons. The maximum atomic E-state index is 11.3. The molecule has 2 aliphatic rings. The van der Waals surface area contributed by atoms with Crippen LogP contribution in [0.1, 0.15) is 41.4 Å². The second kappa shape index (κ2) is 7.37. The molecule has 0 N–H and O–H groups in total. The molecule has 0 spiro atoms. The SMILES string of the molecule is CN1C(=O)c2c[c-]ccc2C1=O.CN1C(=O)c2c[c-]ccc2C1=O.[Y]. The molecule has 0 fully saturated rings. The molecule has 0 atom stereocenters. The van der Waals surface area contributed by atoms with Crippen molar-refractivity contribution < 1.29 is 51.9 Å². The number of hydrogen-bond acceptors (Lipinski definition) is 4. The van der Waals surface area contributed by atoms with Crippen LogP contribution in [0, 0.1) is 12.1 Å². The molecule has 2 aromatic rings. The summed E-state index contributed by atoms with van der Waals surface area (Å²) < 4.78 is 0. The number of hydrogen-bond donors (Lipinski definition) is 0. The number of benzene rings is 2. The number of fused-ring (bicyclic) bond motifs is 2. The third-order valence-electron chi connectivity index (χ3n) is 3.87. The molecule has 4 amide bonds. The zero-order valence-corrected chi connectivity index (χ0v) is 16.4. The molecule has 1 radical (unpaired) electrons. The van der Waals surface area contributed by atoms with E-state index < -0.39 is 0 Å². The number of carbonyl (C=O) groups is 4. The maximum Gasteiger partial charge on any atom is 0.236 e. The largest absolute Gasteiger partial charge is 0.290 e. The Balaban J connectivity index is 0.000000173. The number of amides is 4. The van der Waals surface area contributed by atoms with Crippen LogP contribution < -0.4 is 0 Å². The van der Waals surface area contributed by atoms with E-state index in [9.17, 15) is 19.2 Å². The smallest absolute Gasteiger partial charge is 0.236 e. The summed E-state index contributed by atoms with van der Waals surface area (Å²) in [5.41, 5.74) is 1.84. The Hall–Kier alpha value is -2.18. The first-order chi connectivity index (χ1) is 11.4. The first kappa shape index (κ1) is 19.2. The van der Waals surface area contributed by atoms with Gasteiger partial charge in [-0.2, -0.15) is 48.5 Å². The van der Waals surface area contributed by atoms with Gasteiger partial charge in [0.15, 0.2) is 0 Å². The Morgan fingerprint density at radius 3 is 1.28 bits per heavy atom. The molecule has 6 nitrogen and oxygen atoms in total. The second-order valence-corrected chi connectivity index (χ2v) is 5.28. The van der Waals surface area contributed by atoms with E-state index >= 15 is 0 Å². The predicted octanol–water partition coefficient (Wildman–Crippen LogP) is 1.42. The summed E-state index contributed by atoms with van der Waals surface area (Å²) >= 11 is 0. The van der Waals surface area contributed by atoms with Crippen LogP contribution in [0.3, 0.4) is 0 Å². The van der Waals surface area contributed by atoms with Gasteiger partial charge in [-0.1, -0.05) is 22.3 Å². The minimum atomic E-state index is -0.244. The topological polar surface area (TPSA) is 74.8 Å². The van der Waals surface area contributed by atoms with Crippen molar-refractivity contribution in [3.05, 3.63) is 70.8 Å². The predicted molar refractivity (Wildman–Crippen MR) is 83.4 cm³/mol. The Labute approximate surface area is 169 Å². The van der Waals surface area contributed by atoms with Crippen molar-refractivity contribution >= 4 is 23.6 Å². The van der Waals surface area contributed by atoms with Crippen LogP contribution in [0.15, 0.2) is 36.4 Å². The summed E-state index contributed by atoms with van der Waals surface area (Å²) in [6.45, 7) is 0. The van der Waals surface area contributed by atoms with Crippen LogP contribution in [0.5, 0.6) is 0 Å². The standard InChI is InChI=1S/2C9H6NO2.Y/c2*1-10-8(11)6-4-2-3-5-7(6)9(10)12;/h2*2,4-5H,1H3;/q2*-1;. The summed E-state index contributed by atoms with van der Waals surface area (Å²) in [4.78, 5) is 47.4. The van der Waals surface area contributed by atoms with Gasteiger partial charge in [0.05, 0.1) is 0 Å². The number of imide groups is 2. The molecule has 4 rings (SSSR count). The molecule has 0 saturated carbocycles. The second-order valence-electron chi connectivity index (χ2n) is 5.28. The minimum Gasteiger partial charge on any atom is -0.290 e. The number of carbonyl (C=O) groups excluding carboxylic acids is 4.